The molecule has 15 aromatic rings. The zero-order valence-corrected chi connectivity index (χ0v) is 68.9. The van der Waals surface area contributed by atoms with Crippen LogP contribution in [0.3, 0.4) is 0 Å². The number of hydrogen-bond acceptors (Lipinski definition) is 17. The Morgan fingerprint density at radius 1 is 0.336 bits per heavy atom. The monoisotopic (exact) mass is 1670 g/mol. The number of aromatic hydroxyl groups is 1. The number of anilines is 4. The number of halogens is 4. The lowest BCUT2D eigenvalue weighted by Gasteiger charge is -2.36. The van der Waals surface area contributed by atoms with Crippen LogP contribution in [-0.2, 0) is 19.2 Å². The number of piperazine rings is 4. The summed E-state index contributed by atoms with van der Waals surface area (Å²) in [6.07, 6.45) is 20.9. The Bertz CT molecular complexity index is 6770. The van der Waals surface area contributed by atoms with Crippen molar-refractivity contribution in [3.63, 3.8) is 0 Å². The van der Waals surface area contributed by atoms with Crippen LogP contribution in [0.4, 0.5) is 40.3 Å². The molecule has 1 saturated carbocycles. The van der Waals surface area contributed by atoms with E-state index in [1.807, 2.05) is 146 Å². The molecule has 0 bridgehead atoms. The Hall–Kier alpha value is -14.9. The van der Waals surface area contributed by atoms with Gasteiger partial charge in [0.2, 0.25) is 23.6 Å². The van der Waals surface area contributed by atoms with Crippen molar-refractivity contribution in [2.24, 2.45) is 0 Å². The van der Waals surface area contributed by atoms with Gasteiger partial charge in [0.05, 0.1) is 5.56 Å². The van der Waals surface area contributed by atoms with E-state index in [1.165, 1.54) is 29.9 Å². The highest BCUT2D eigenvalue weighted by molar-refractivity contribution is 6.05. The SMILES string of the molecule is C=CC(=O)N1CCN(c2ccnc3c(F)c(-c4c(O)ccc5ccccc45)ncc23)CC1.C=CC(=O)N1CCN(c2ccnc3c(F)c(-c4cc(C)cc5ccccc45)ncc23)CC1.C=CC(=O)N1CCN(c2ccnc3c(F)c(-c4cccc5ccccc45)ncc23)CC1.C=CC(=O)N1CCN(c2ccnc3c(F)c(-c4ccccc4C4CC4)ncc23)CC1. The second-order valence-electron chi connectivity index (χ2n) is 31.2. The first-order valence-electron chi connectivity index (χ1n) is 41.7. The molecule has 0 spiro atoms. The molecule has 0 unspecified atom stereocenters. The lowest BCUT2D eigenvalue weighted by Crippen LogP contribution is -2.48. The summed E-state index contributed by atoms with van der Waals surface area (Å²) in [6, 6.07) is 52.0. The smallest absolute Gasteiger partial charge is 0.246 e. The number of phenols is 1. The Morgan fingerprint density at radius 3 is 1.06 bits per heavy atom. The minimum atomic E-state index is -0.573. The zero-order chi connectivity index (χ0) is 86.5. The van der Waals surface area contributed by atoms with Gasteiger partial charge in [-0.05, 0) is 130 Å². The molecule has 5 fully saturated rings. The number of hydrogen-bond donors (Lipinski definition) is 1. The van der Waals surface area contributed by atoms with Gasteiger partial charge in [-0.15, -0.1) is 0 Å². The number of rotatable bonds is 13. The second-order valence-corrected chi connectivity index (χ2v) is 31.2. The van der Waals surface area contributed by atoms with Crippen LogP contribution in [0.2, 0.25) is 0 Å². The molecule has 1 N–H and O–H groups in total. The maximum atomic E-state index is 15.8. The second kappa shape index (κ2) is 36.0. The fraction of sp³-hybridized carbons (Fsp3) is 0.200. The summed E-state index contributed by atoms with van der Waals surface area (Å²) in [4.78, 5) is 98.4. The number of aryl methyl sites for hydroxylation is 1. The molecule has 626 valence electrons. The largest absolute Gasteiger partial charge is 0.507 e. The van der Waals surface area contributed by atoms with Crippen molar-refractivity contribution in [1.82, 2.24) is 59.5 Å². The van der Waals surface area contributed by atoms with E-state index in [0.717, 1.165) is 90.2 Å². The van der Waals surface area contributed by atoms with Gasteiger partial charge < -0.3 is 44.3 Å². The Morgan fingerprint density at radius 2 is 0.656 bits per heavy atom. The first-order valence-corrected chi connectivity index (χ1v) is 41.7. The highest BCUT2D eigenvalue weighted by Crippen LogP contribution is 2.46. The minimum absolute atomic E-state index is 0.0337. The molecule has 25 heteroatoms. The minimum Gasteiger partial charge on any atom is -0.507 e. The standard InChI is InChI=1S/C26H23FN4O.C25H21FN4O2.C25H21FN4O.C24H23FN4O/c1-3-23(32)31-12-10-30(11-13-31)22-8-9-28-26-21(22)16-29-25(24(26)27)20-15-17(2)14-18-6-4-5-7-19(18)20;1-2-21(32)30-13-11-29(12-14-30)19-9-10-27-24-18(19)15-28-25(23(24)26)22-17-6-4-3-5-16(17)7-8-20(22)31;1-2-22(31)30-14-12-29(13-15-30)21-10-11-27-25-20(21)16-28-24(23(25)26)19-9-5-7-17-6-3-4-8-18(17)19;1-2-21(30)29-13-11-28(12-14-29)20-9-10-26-24-19(20)15-27-23(22(24)25)18-6-4-3-5-17(18)16-7-8-16/h3-9,14-16H,1,10-13H2,2H3;2-10,15,31H,1,11-14H2;2-11,16H,1,12-15H2;2-6,9-10,15-16H,1,7-8,11-14H2. The molecule has 4 saturated heterocycles. The van der Waals surface area contributed by atoms with Gasteiger partial charge in [-0.25, -0.2) is 17.6 Å². The predicted molar refractivity (Wildman–Crippen MR) is 487 cm³/mol. The normalized spacial score (nSPS) is 14.8. The van der Waals surface area contributed by atoms with E-state index in [4.69, 9.17) is 0 Å². The Kier molecular flexibility index (Phi) is 23.8. The molecule has 5 aliphatic rings. The highest BCUT2D eigenvalue weighted by Gasteiger charge is 2.32. The molecule has 125 heavy (non-hydrogen) atoms. The van der Waals surface area contributed by atoms with Crippen molar-refractivity contribution in [3.05, 3.63) is 298 Å². The van der Waals surface area contributed by atoms with Crippen LogP contribution in [0.25, 0.3) is 121 Å². The van der Waals surface area contributed by atoms with Gasteiger partial charge in [-0.1, -0.05) is 154 Å². The van der Waals surface area contributed by atoms with Gasteiger partial charge in [0.25, 0.3) is 0 Å². The molecular weight excluding hydrogens is 1580 g/mol. The summed E-state index contributed by atoms with van der Waals surface area (Å²) in [5.74, 6) is -1.58. The van der Waals surface area contributed by atoms with E-state index in [9.17, 15) is 24.3 Å². The van der Waals surface area contributed by atoms with Gasteiger partial charge in [-0.3, -0.25) is 59.0 Å². The van der Waals surface area contributed by atoms with E-state index in [-0.39, 0.29) is 46.4 Å². The van der Waals surface area contributed by atoms with E-state index < -0.39 is 17.5 Å². The third-order valence-corrected chi connectivity index (χ3v) is 23.9. The molecule has 21 nitrogen and oxygen atoms in total. The highest BCUT2D eigenvalue weighted by atomic mass is 19.1. The van der Waals surface area contributed by atoms with Crippen molar-refractivity contribution >= 4 is 122 Å². The number of aromatic nitrogens is 8. The van der Waals surface area contributed by atoms with Crippen molar-refractivity contribution < 1.29 is 41.8 Å². The van der Waals surface area contributed by atoms with Crippen LogP contribution >= 0.6 is 0 Å². The van der Waals surface area contributed by atoms with Gasteiger partial charge in [0, 0.05) is 215 Å². The van der Waals surface area contributed by atoms with Gasteiger partial charge in [0.15, 0.2) is 23.3 Å². The van der Waals surface area contributed by atoms with Crippen LogP contribution in [-0.4, -0.2) is 193 Å². The van der Waals surface area contributed by atoms with Crippen molar-refractivity contribution in [1.29, 1.82) is 0 Å². The maximum Gasteiger partial charge on any atom is 0.246 e. The number of benzene rings is 7. The van der Waals surface area contributed by atoms with Crippen LogP contribution in [0.5, 0.6) is 5.75 Å². The third kappa shape index (κ3) is 16.5. The number of carbonyl (C=O) groups is 4. The maximum absolute atomic E-state index is 15.8. The van der Waals surface area contributed by atoms with E-state index in [0.29, 0.717) is 171 Å². The topological polar surface area (TPSA) is 218 Å². The van der Waals surface area contributed by atoms with Crippen LogP contribution in [0.15, 0.2) is 264 Å². The fourth-order valence-corrected chi connectivity index (χ4v) is 17.3. The van der Waals surface area contributed by atoms with E-state index in [1.54, 1.807) is 81.3 Å². The number of carbonyl (C=O) groups excluding carboxylic acids is 4. The molecule has 20 rings (SSSR count). The lowest BCUT2D eigenvalue weighted by atomic mass is 9.98. The molecule has 1 aliphatic carbocycles. The number of pyridine rings is 8. The Balaban J connectivity index is 0.000000118. The number of phenolic OH excluding ortho intramolecular Hbond substituents is 1. The quantitative estimate of drug-likeness (QED) is 0.0838. The molecule has 8 aromatic heterocycles. The molecule has 0 radical (unpaired) electrons. The lowest BCUT2D eigenvalue weighted by molar-refractivity contribution is -0.127. The number of nitrogens with zero attached hydrogens (tertiary/aromatic N) is 16. The molecule has 12 heterocycles. The number of amides is 4. The molecule has 7 aromatic carbocycles. The fourth-order valence-electron chi connectivity index (χ4n) is 17.3. The van der Waals surface area contributed by atoms with Gasteiger partial charge >= 0.3 is 0 Å². The Labute approximate surface area is 718 Å². The molecular formula is C100H88F4N16O5. The van der Waals surface area contributed by atoms with Crippen LogP contribution < -0.4 is 19.6 Å². The molecule has 4 aliphatic heterocycles. The predicted octanol–water partition coefficient (Wildman–Crippen LogP) is 17.4. The summed E-state index contributed by atoms with van der Waals surface area (Å²) in [5, 5.41) is 18.8. The summed E-state index contributed by atoms with van der Waals surface area (Å²) < 4.78 is 62.7. The first-order chi connectivity index (χ1) is 61.0. The third-order valence-electron chi connectivity index (χ3n) is 23.9. The molecule has 4 amide bonds. The van der Waals surface area contributed by atoms with Gasteiger partial charge in [0.1, 0.15) is 50.6 Å². The summed E-state index contributed by atoms with van der Waals surface area (Å²) in [7, 11) is 0. The van der Waals surface area contributed by atoms with E-state index >= 15 is 17.6 Å². The average Bonchev–Trinajstić information content (AvgIpc) is 1.22. The van der Waals surface area contributed by atoms with Gasteiger partial charge in [-0.2, -0.15) is 0 Å². The number of fused-ring (bicyclic) bond motifs is 7. The van der Waals surface area contributed by atoms with E-state index in [2.05, 4.69) is 97.9 Å². The van der Waals surface area contributed by atoms with Crippen molar-refractivity contribution in [3.8, 4) is 50.8 Å². The summed E-state index contributed by atoms with van der Waals surface area (Å²) in [5.41, 5.74) is 10.6. The summed E-state index contributed by atoms with van der Waals surface area (Å²) in [6.45, 7) is 26.1. The first kappa shape index (κ1) is 82.4. The van der Waals surface area contributed by atoms with Crippen molar-refractivity contribution in [2.75, 3.05) is 124 Å². The zero-order valence-electron chi connectivity index (χ0n) is 68.9. The summed E-state index contributed by atoms with van der Waals surface area (Å²) >= 11 is 0. The van der Waals surface area contributed by atoms with Crippen molar-refractivity contribution in [2.45, 2.75) is 25.7 Å². The van der Waals surface area contributed by atoms with Crippen LogP contribution in [0, 0.1) is 30.2 Å². The average molecular weight is 1670 g/mol. The van der Waals surface area contributed by atoms with Crippen LogP contribution in [0.1, 0.15) is 29.9 Å². The molecule has 0 atom stereocenters.